The second-order valence-electron chi connectivity index (χ2n) is 8.68. The van der Waals surface area contributed by atoms with Gasteiger partial charge in [-0.05, 0) is 48.7 Å². The Morgan fingerprint density at radius 2 is 1.73 bits per heavy atom. The number of aromatic nitrogens is 5. The van der Waals surface area contributed by atoms with Gasteiger partial charge in [0.2, 0.25) is 17.8 Å². The fourth-order valence-electron chi connectivity index (χ4n) is 4.25. The average molecular weight is 509 g/mol. The maximum atomic E-state index is 13.6. The van der Waals surface area contributed by atoms with E-state index >= 15 is 0 Å². The minimum absolute atomic E-state index is 0.0797. The zero-order chi connectivity index (χ0) is 25.9. The van der Waals surface area contributed by atoms with Crippen LogP contribution in [-0.4, -0.2) is 43.7 Å². The average Bonchev–Trinajstić information content (AvgIpc) is 3.38. The molecule has 9 nitrogen and oxygen atoms in total. The predicted molar refractivity (Wildman–Crippen MR) is 132 cm³/mol. The molecule has 190 valence electrons. The topological polar surface area (TPSA) is 101 Å². The van der Waals surface area contributed by atoms with Gasteiger partial charge in [-0.3, -0.25) is 9.48 Å². The molecule has 0 radical (unpaired) electrons. The van der Waals surface area contributed by atoms with Gasteiger partial charge in [0.05, 0.1) is 12.2 Å². The number of nitrogens with one attached hydrogen (secondary N) is 2. The Balaban J connectivity index is 1.23. The number of piperidine rings is 1. The van der Waals surface area contributed by atoms with Crippen molar-refractivity contribution in [3.8, 4) is 11.1 Å². The Morgan fingerprint density at radius 1 is 1.00 bits per heavy atom. The molecule has 3 heterocycles. The maximum Gasteiger partial charge on any atom is 0.231 e. The molecule has 0 unspecified atom stereocenters. The van der Waals surface area contributed by atoms with Crippen LogP contribution in [0, 0.1) is 17.5 Å². The van der Waals surface area contributed by atoms with E-state index in [-0.39, 0.29) is 17.5 Å². The van der Waals surface area contributed by atoms with Gasteiger partial charge in [0.25, 0.3) is 0 Å². The van der Waals surface area contributed by atoms with Crippen molar-refractivity contribution < 1.29 is 18.0 Å². The van der Waals surface area contributed by atoms with E-state index in [1.165, 1.54) is 19.4 Å². The quantitative estimate of drug-likeness (QED) is 0.364. The van der Waals surface area contributed by atoms with Gasteiger partial charge in [-0.2, -0.15) is 10.1 Å². The molecule has 12 heteroatoms. The van der Waals surface area contributed by atoms with E-state index in [9.17, 15) is 18.0 Å². The van der Waals surface area contributed by atoms with Crippen LogP contribution in [0.3, 0.4) is 0 Å². The van der Waals surface area contributed by atoms with Crippen LogP contribution >= 0.6 is 0 Å². The molecule has 1 saturated heterocycles. The van der Waals surface area contributed by atoms with Crippen molar-refractivity contribution in [1.82, 2.24) is 24.7 Å². The maximum absolute atomic E-state index is 13.6. The lowest BCUT2D eigenvalue weighted by atomic mass is 10.1. The Hall–Kier alpha value is -4.48. The molecule has 2 aromatic carbocycles. The van der Waals surface area contributed by atoms with Crippen LogP contribution in [0.4, 0.5) is 36.4 Å². The van der Waals surface area contributed by atoms with E-state index in [1.807, 2.05) is 17.0 Å². The molecule has 1 aliphatic heterocycles. The Bertz CT molecular complexity index is 1410. The highest BCUT2D eigenvalue weighted by molar-refractivity contribution is 5.89. The minimum atomic E-state index is -1.49. The van der Waals surface area contributed by atoms with Gasteiger partial charge in [-0.25, -0.2) is 23.1 Å². The lowest BCUT2D eigenvalue weighted by Crippen LogP contribution is -2.36. The molecule has 1 fully saturated rings. The summed E-state index contributed by atoms with van der Waals surface area (Å²) < 4.78 is 42.3. The summed E-state index contributed by atoms with van der Waals surface area (Å²) in [6.45, 7) is 2.78. The summed E-state index contributed by atoms with van der Waals surface area (Å²) in [5, 5.41) is 10.2. The largest absolute Gasteiger partial charge is 0.341 e. The Morgan fingerprint density at radius 3 is 2.46 bits per heavy atom. The van der Waals surface area contributed by atoms with Crippen LogP contribution in [0.15, 0.2) is 55.1 Å². The smallest absolute Gasteiger partial charge is 0.231 e. The van der Waals surface area contributed by atoms with Crippen LogP contribution in [-0.2, 0) is 4.79 Å². The number of hydrogen-bond donors (Lipinski definition) is 2. The number of nitrogens with zero attached hydrogens (tertiary/aromatic N) is 6. The molecule has 0 aliphatic carbocycles. The zero-order valence-corrected chi connectivity index (χ0v) is 19.8. The molecule has 0 bridgehead atoms. The number of carbonyl (C=O) groups is 1. The first-order valence-corrected chi connectivity index (χ1v) is 11.6. The highest BCUT2D eigenvalue weighted by atomic mass is 19.2. The summed E-state index contributed by atoms with van der Waals surface area (Å²) in [6.07, 6.45) is 6.17. The number of anilines is 4. The van der Waals surface area contributed by atoms with E-state index in [0.717, 1.165) is 30.7 Å². The molecule has 0 atom stereocenters. The second kappa shape index (κ2) is 10.2. The van der Waals surface area contributed by atoms with Crippen molar-refractivity contribution >= 4 is 29.2 Å². The molecular weight excluding hydrogens is 485 g/mol. The van der Waals surface area contributed by atoms with Crippen LogP contribution in [0.5, 0.6) is 0 Å². The fraction of sp³-hybridized carbons (Fsp3) is 0.240. The third kappa shape index (κ3) is 5.52. The number of rotatable bonds is 6. The van der Waals surface area contributed by atoms with Crippen LogP contribution in [0.1, 0.15) is 25.8 Å². The van der Waals surface area contributed by atoms with E-state index in [2.05, 4.69) is 30.7 Å². The van der Waals surface area contributed by atoms with Gasteiger partial charge in [0.1, 0.15) is 6.33 Å². The van der Waals surface area contributed by atoms with Crippen molar-refractivity contribution in [2.24, 2.45) is 0 Å². The van der Waals surface area contributed by atoms with E-state index < -0.39 is 17.5 Å². The molecule has 0 spiro atoms. The highest BCUT2D eigenvalue weighted by Gasteiger charge is 2.24. The van der Waals surface area contributed by atoms with Crippen LogP contribution in [0.2, 0.25) is 0 Å². The van der Waals surface area contributed by atoms with Crippen molar-refractivity contribution in [1.29, 1.82) is 0 Å². The molecule has 1 aliphatic rings. The first kappa shape index (κ1) is 24.2. The summed E-state index contributed by atoms with van der Waals surface area (Å²) in [5.41, 5.74) is 2.12. The standard InChI is InChI=1S/C25H23F3N8O/c1-15(37)32-18-3-2-4-19(11-18)33-24-29-14-30-25(34-24)35-7-5-20(6-8-35)36-13-17(12-31-36)16-9-21(26)23(28)22(27)10-16/h2-4,9-14,20H,5-8H2,1H3,(H,32,37)(H,29,30,33,34). The van der Waals surface area contributed by atoms with Gasteiger partial charge in [0, 0.05) is 43.1 Å². The number of amides is 1. The summed E-state index contributed by atoms with van der Waals surface area (Å²) in [4.78, 5) is 26.4. The zero-order valence-electron chi connectivity index (χ0n) is 19.8. The molecule has 2 aromatic heterocycles. The lowest BCUT2D eigenvalue weighted by molar-refractivity contribution is -0.114. The number of carbonyl (C=O) groups excluding carboxylic acids is 1. The van der Waals surface area contributed by atoms with E-state index in [4.69, 9.17) is 0 Å². The second-order valence-corrected chi connectivity index (χ2v) is 8.68. The van der Waals surface area contributed by atoms with Crippen LogP contribution < -0.4 is 15.5 Å². The Kier molecular flexibility index (Phi) is 6.71. The molecular formula is C25H23F3N8O. The summed E-state index contributed by atoms with van der Waals surface area (Å²) in [7, 11) is 0. The monoisotopic (exact) mass is 508 g/mol. The van der Waals surface area contributed by atoms with Crippen molar-refractivity contribution in [3.05, 3.63) is 72.6 Å². The van der Waals surface area contributed by atoms with Gasteiger partial charge >= 0.3 is 0 Å². The van der Waals surface area contributed by atoms with Gasteiger partial charge in [-0.1, -0.05) is 6.07 Å². The molecule has 4 aromatic rings. The van der Waals surface area contributed by atoms with Crippen molar-refractivity contribution in [2.75, 3.05) is 28.6 Å². The SMILES string of the molecule is CC(=O)Nc1cccc(Nc2ncnc(N3CCC(n4cc(-c5cc(F)c(F)c(F)c5)cn4)CC3)n2)c1. The fourth-order valence-corrected chi connectivity index (χ4v) is 4.25. The van der Waals surface area contributed by atoms with Crippen LogP contribution in [0.25, 0.3) is 11.1 Å². The third-order valence-corrected chi connectivity index (χ3v) is 6.04. The summed E-state index contributed by atoms with van der Waals surface area (Å²) >= 11 is 0. The van der Waals surface area contributed by atoms with Gasteiger partial charge < -0.3 is 15.5 Å². The van der Waals surface area contributed by atoms with Crippen molar-refractivity contribution in [3.63, 3.8) is 0 Å². The Labute approximate surface area is 210 Å². The normalized spacial score (nSPS) is 14.0. The summed E-state index contributed by atoms with van der Waals surface area (Å²) in [6, 6.07) is 9.22. The first-order valence-electron chi connectivity index (χ1n) is 11.6. The van der Waals surface area contributed by atoms with Gasteiger partial charge in [-0.15, -0.1) is 0 Å². The molecule has 2 N–H and O–H groups in total. The molecule has 5 rings (SSSR count). The summed E-state index contributed by atoms with van der Waals surface area (Å²) in [5.74, 6) is -3.20. The highest BCUT2D eigenvalue weighted by Crippen LogP contribution is 2.28. The van der Waals surface area contributed by atoms with Crippen molar-refractivity contribution in [2.45, 2.75) is 25.8 Å². The molecule has 1 amide bonds. The first-order chi connectivity index (χ1) is 17.9. The number of benzene rings is 2. The molecule has 0 saturated carbocycles. The minimum Gasteiger partial charge on any atom is -0.341 e. The van der Waals surface area contributed by atoms with Gasteiger partial charge in [0.15, 0.2) is 17.5 Å². The number of halogens is 3. The lowest BCUT2D eigenvalue weighted by Gasteiger charge is -2.32. The predicted octanol–water partition coefficient (Wildman–Crippen LogP) is 4.70. The third-order valence-electron chi connectivity index (χ3n) is 6.04. The molecule has 37 heavy (non-hydrogen) atoms. The van der Waals surface area contributed by atoms with E-state index in [0.29, 0.717) is 36.2 Å². The number of hydrogen-bond acceptors (Lipinski definition) is 7. The van der Waals surface area contributed by atoms with E-state index in [1.54, 1.807) is 23.0 Å².